The highest BCUT2D eigenvalue weighted by molar-refractivity contribution is 6.33. The Kier molecular flexibility index (Phi) is 6.99. The van der Waals surface area contributed by atoms with Crippen LogP contribution in [0.1, 0.15) is 36.5 Å². The van der Waals surface area contributed by atoms with E-state index in [-0.39, 0.29) is 18.3 Å². The van der Waals surface area contributed by atoms with Gasteiger partial charge in [0.05, 0.1) is 17.8 Å². The van der Waals surface area contributed by atoms with Gasteiger partial charge in [0.15, 0.2) is 23.9 Å². The molecule has 6 nitrogen and oxygen atoms in total. The predicted molar refractivity (Wildman–Crippen MR) is 115 cm³/mol. The molecule has 2 aromatic rings. The highest BCUT2D eigenvalue weighted by Crippen LogP contribution is 2.31. The average molecular weight is 417 g/mol. The number of anilines is 2. The van der Waals surface area contributed by atoms with Crippen molar-refractivity contribution >= 4 is 34.7 Å². The third-order valence-electron chi connectivity index (χ3n) is 4.86. The summed E-state index contributed by atoms with van der Waals surface area (Å²) in [5.41, 5.74) is 2.13. The van der Waals surface area contributed by atoms with Crippen LogP contribution in [0.3, 0.4) is 0 Å². The molecule has 0 aromatic heterocycles. The number of carbonyl (C=O) groups is 2. The van der Waals surface area contributed by atoms with Crippen LogP contribution in [0, 0.1) is 0 Å². The van der Waals surface area contributed by atoms with Crippen LogP contribution in [-0.2, 0) is 4.79 Å². The predicted octanol–water partition coefficient (Wildman–Crippen LogP) is 4.56. The summed E-state index contributed by atoms with van der Waals surface area (Å²) in [5, 5.41) is 3.41. The number of carbonyl (C=O) groups excluding carboxylic acids is 2. The number of benzene rings is 2. The maximum absolute atomic E-state index is 12.3. The Balaban J connectivity index is 1.59. The monoisotopic (exact) mass is 416 g/mol. The number of piperidine rings is 1. The molecule has 1 heterocycles. The minimum absolute atomic E-state index is 0.0718. The van der Waals surface area contributed by atoms with Crippen molar-refractivity contribution in [2.75, 3.05) is 37.0 Å². The van der Waals surface area contributed by atoms with Gasteiger partial charge in [-0.05, 0) is 62.6 Å². The van der Waals surface area contributed by atoms with Crippen molar-refractivity contribution in [3.8, 4) is 11.5 Å². The lowest BCUT2D eigenvalue weighted by molar-refractivity contribution is -0.118. The van der Waals surface area contributed by atoms with E-state index in [4.69, 9.17) is 21.1 Å². The first kappa shape index (κ1) is 21.0. The highest BCUT2D eigenvalue weighted by atomic mass is 35.5. The van der Waals surface area contributed by atoms with Crippen LogP contribution in [0.15, 0.2) is 36.4 Å². The Morgan fingerprint density at radius 3 is 2.48 bits per heavy atom. The van der Waals surface area contributed by atoms with Crippen molar-refractivity contribution in [3.05, 3.63) is 47.0 Å². The van der Waals surface area contributed by atoms with Crippen molar-refractivity contribution < 1.29 is 19.1 Å². The summed E-state index contributed by atoms with van der Waals surface area (Å²) in [7, 11) is 1.48. The molecular weight excluding hydrogens is 392 g/mol. The molecule has 0 aliphatic carbocycles. The SMILES string of the molecule is COc1cc(C(C)=O)ccc1OCC(=O)Nc1ccc(N2CCCCC2)c(Cl)c1. The van der Waals surface area contributed by atoms with Gasteiger partial charge in [-0.2, -0.15) is 0 Å². The van der Waals surface area contributed by atoms with Gasteiger partial charge < -0.3 is 19.7 Å². The Morgan fingerprint density at radius 1 is 1.07 bits per heavy atom. The Hall–Kier alpha value is -2.73. The van der Waals surface area contributed by atoms with Crippen molar-refractivity contribution in [1.29, 1.82) is 0 Å². The zero-order valence-electron chi connectivity index (χ0n) is 16.7. The molecule has 1 aliphatic heterocycles. The van der Waals surface area contributed by atoms with Crippen LogP contribution in [0.4, 0.5) is 11.4 Å². The van der Waals surface area contributed by atoms with E-state index in [0.717, 1.165) is 18.8 Å². The maximum Gasteiger partial charge on any atom is 0.262 e. The Morgan fingerprint density at radius 2 is 1.83 bits per heavy atom. The van der Waals surface area contributed by atoms with Crippen LogP contribution >= 0.6 is 11.6 Å². The quantitative estimate of drug-likeness (QED) is 0.670. The fraction of sp³-hybridized carbons (Fsp3) is 0.364. The summed E-state index contributed by atoms with van der Waals surface area (Å²) in [6.45, 7) is 3.29. The lowest BCUT2D eigenvalue weighted by atomic mass is 10.1. The molecule has 0 unspecified atom stereocenters. The molecule has 29 heavy (non-hydrogen) atoms. The number of nitrogens with one attached hydrogen (secondary N) is 1. The first-order chi connectivity index (χ1) is 14.0. The molecule has 0 saturated carbocycles. The van der Waals surface area contributed by atoms with Crippen molar-refractivity contribution in [2.45, 2.75) is 26.2 Å². The summed E-state index contributed by atoms with van der Waals surface area (Å²) < 4.78 is 10.8. The zero-order chi connectivity index (χ0) is 20.8. The lowest BCUT2D eigenvalue weighted by Gasteiger charge is -2.29. The zero-order valence-corrected chi connectivity index (χ0v) is 17.4. The van der Waals surface area contributed by atoms with E-state index in [2.05, 4.69) is 10.2 Å². The van der Waals surface area contributed by atoms with Gasteiger partial charge in [-0.25, -0.2) is 0 Å². The number of halogens is 1. The molecule has 1 aliphatic rings. The molecular formula is C22H25ClN2O4. The number of hydrogen-bond donors (Lipinski definition) is 1. The summed E-state index contributed by atoms with van der Waals surface area (Å²) >= 11 is 6.43. The normalized spacial score (nSPS) is 13.7. The van der Waals surface area contributed by atoms with Crippen LogP contribution in [0.5, 0.6) is 11.5 Å². The summed E-state index contributed by atoms with van der Waals surface area (Å²) in [4.78, 5) is 26.0. The van der Waals surface area contributed by atoms with Gasteiger partial charge in [-0.3, -0.25) is 9.59 Å². The second-order valence-corrected chi connectivity index (χ2v) is 7.38. The largest absolute Gasteiger partial charge is 0.493 e. The number of Topliss-reactive ketones (excluding diaryl/α,β-unsaturated/α-hetero) is 1. The second kappa shape index (κ2) is 9.65. The second-order valence-electron chi connectivity index (χ2n) is 6.97. The Labute approximate surface area is 175 Å². The third kappa shape index (κ3) is 5.41. The minimum atomic E-state index is -0.315. The van der Waals surface area contributed by atoms with Crippen LogP contribution < -0.4 is 19.7 Å². The molecule has 3 rings (SSSR count). The lowest BCUT2D eigenvalue weighted by Crippen LogP contribution is -2.29. The van der Waals surface area contributed by atoms with Crippen LogP contribution in [0.2, 0.25) is 5.02 Å². The smallest absolute Gasteiger partial charge is 0.262 e. The number of rotatable bonds is 7. The Bertz CT molecular complexity index is 894. The molecule has 2 aromatic carbocycles. The van der Waals surface area contributed by atoms with E-state index < -0.39 is 0 Å². The van der Waals surface area contributed by atoms with Gasteiger partial charge in [0, 0.05) is 24.3 Å². The van der Waals surface area contributed by atoms with E-state index in [9.17, 15) is 9.59 Å². The number of ketones is 1. The molecule has 154 valence electrons. The van der Waals surface area contributed by atoms with Crippen molar-refractivity contribution in [2.24, 2.45) is 0 Å². The van der Waals surface area contributed by atoms with Gasteiger partial charge in [-0.1, -0.05) is 11.6 Å². The molecule has 0 radical (unpaired) electrons. The molecule has 0 atom stereocenters. The minimum Gasteiger partial charge on any atom is -0.493 e. The van der Waals surface area contributed by atoms with Crippen LogP contribution in [0.25, 0.3) is 0 Å². The van der Waals surface area contributed by atoms with Gasteiger partial charge in [0.25, 0.3) is 5.91 Å². The fourth-order valence-corrected chi connectivity index (χ4v) is 3.62. The molecule has 1 fully saturated rings. The van der Waals surface area contributed by atoms with E-state index >= 15 is 0 Å². The third-order valence-corrected chi connectivity index (χ3v) is 5.16. The molecule has 1 amide bonds. The van der Waals surface area contributed by atoms with Crippen LogP contribution in [-0.4, -0.2) is 38.5 Å². The van der Waals surface area contributed by atoms with Crippen molar-refractivity contribution in [1.82, 2.24) is 0 Å². The molecule has 7 heteroatoms. The van der Waals surface area contributed by atoms with E-state index in [0.29, 0.717) is 27.8 Å². The topological polar surface area (TPSA) is 67.9 Å². The van der Waals surface area contributed by atoms with E-state index in [1.165, 1.54) is 33.3 Å². The summed E-state index contributed by atoms with van der Waals surface area (Å²) in [5.74, 6) is 0.410. The number of amides is 1. The maximum atomic E-state index is 12.3. The number of nitrogens with zero attached hydrogens (tertiary/aromatic N) is 1. The molecule has 1 saturated heterocycles. The van der Waals surface area contributed by atoms with Gasteiger partial charge >= 0.3 is 0 Å². The van der Waals surface area contributed by atoms with E-state index in [1.807, 2.05) is 12.1 Å². The first-order valence-electron chi connectivity index (χ1n) is 9.64. The highest BCUT2D eigenvalue weighted by Gasteiger charge is 2.15. The summed E-state index contributed by atoms with van der Waals surface area (Å²) in [6, 6.07) is 10.4. The number of ether oxygens (including phenoxy) is 2. The standard InChI is InChI=1S/C22H25ClN2O4/c1-15(26)16-6-9-20(21(12-16)28-2)29-14-22(27)24-17-7-8-19(18(23)13-17)25-10-4-3-5-11-25/h6-9,12-13H,3-5,10-11,14H2,1-2H3,(H,24,27). The van der Waals surface area contributed by atoms with Gasteiger partial charge in [0.2, 0.25) is 0 Å². The number of hydrogen-bond acceptors (Lipinski definition) is 5. The first-order valence-corrected chi connectivity index (χ1v) is 10.0. The molecule has 0 bridgehead atoms. The molecule has 1 N–H and O–H groups in total. The van der Waals surface area contributed by atoms with Gasteiger partial charge in [0.1, 0.15) is 0 Å². The fourth-order valence-electron chi connectivity index (χ4n) is 3.32. The van der Waals surface area contributed by atoms with Crippen molar-refractivity contribution in [3.63, 3.8) is 0 Å². The average Bonchev–Trinajstić information content (AvgIpc) is 2.72. The number of methoxy groups -OCH3 is 1. The molecule has 0 spiro atoms. The summed E-state index contributed by atoms with van der Waals surface area (Å²) in [6.07, 6.45) is 3.59. The van der Waals surface area contributed by atoms with E-state index in [1.54, 1.807) is 24.3 Å². The van der Waals surface area contributed by atoms with Gasteiger partial charge in [-0.15, -0.1) is 0 Å².